The molecule has 26 heavy (non-hydrogen) atoms. The van der Waals surface area contributed by atoms with Gasteiger partial charge in [0.15, 0.2) is 5.78 Å². The summed E-state index contributed by atoms with van der Waals surface area (Å²) >= 11 is 0. The molecular formula is C22H24O4. The molecule has 0 heterocycles. The summed E-state index contributed by atoms with van der Waals surface area (Å²) in [5.74, 6) is 0.243. The number of phenols is 2. The molecule has 0 amide bonds. The van der Waals surface area contributed by atoms with Gasteiger partial charge in [0.05, 0.1) is 18.2 Å². The lowest BCUT2D eigenvalue weighted by Gasteiger charge is -2.14. The molecule has 4 heteroatoms. The number of methoxy groups -OCH3 is 1. The SMILES string of the molecule is COc1ccc(C(=O)/C=C/c2ccc(O)cc2)c(O)c1/C=C/C(C)(C)C. The molecule has 4 nitrogen and oxygen atoms in total. The van der Waals surface area contributed by atoms with Crippen molar-refractivity contribution in [1.82, 2.24) is 0 Å². The van der Waals surface area contributed by atoms with Gasteiger partial charge in [-0.2, -0.15) is 0 Å². The number of aromatic hydroxyl groups is 2. The van der Waals surface area contributed by atoms with Gasteiger partial charge in [0.2, 0.25) is 0 Å². The Morgan fingerprint density at radius 1 is 1.00 bits per heavy atom. The highest BCUT2D eigenvalue weighted by Gasteiger charge is 2.16. The molecule has 0 aliphatic heterocycles. The van der Waals surface area contributed by atoms with Gasteiger partial charge in [-0.1, -0.05) is 51.1 Å². The molecule has 0 fully saturated rings. The van der Waals surface area contributed by atoms with Crippen LogP contribution in [0, 0.1) is 5.41 Å². The molecule has 0 aromatic heterocycles. The lowest BCUT2D eigenvalue weighted by Crippen LogP contribution is -2.00. The second-order valence-electron chi connectivity index (χ2n) is 7.07. The fourth-order valence-corrected chi connectivity index (χ4v) is 2.31. The minimum atomic E-state index is -0.316. The van der Waals surface area contributed by atoms with Crippen LogP contribution in [0.3, 0.4) is 0 Å². The molecule has 2 aromatic carbocycles. The Labute approximate surface area is 154 Å². The molecule has 0 unspecified atom stereocenters. The summed E-state index contributed by atoms with van der Waals surface area (Å²) in [7, 11) is 1.52. The van der Waals surface area contributed by atoms with Gasteiger partial charge in [-0.05, 0) is 41.3 Å². The van der Waals surface area contributed by atoms with Crippen LogP contribution < -0.4 is 4.74 Å². The van der Waals surface area contributed by atoms with E-state index in [1.54, 1.807) is 48.6 Å². The Bertz CT molecular complexity index is 838. The zero-order valence-corrected chi connectivity index (χ0v) is 15.5. The van der Waals surface area contributed by atoms with Crippen LogP contribution in [0.25, 0.3) is 12.2 Å². The molecule has 2 rings (SSSR count). The molecule has 0 saturated heterocycles. The van der Waals surface area contributed by atoms with E-state index < -0.39 is 0 Å². The van der Waals surface area contributed by atoms with Crippen LogP contribution in [-0.4, -0.2) is 23.1 Å². The maximum Gasteiger partial charge on any atom is 0.189 e. The molecule has 0 spiro atoms. The Balaban J connectivity index is 2.35. The summed E-state index contributed by atoms with van der Waals surface area (Å²) < 4.78 is 5.30. The molecular weight excluding hydrogens is 328 g/mol. The van der Waals surface area contributed by atoms with E-state index in [1.807, 2.05) is 26.8 Å². The molecule has 0 atom stereocenters. The molecule has 0 saturated carbocycles. The van der Waals surface area contributed by atoms with Crippen LogP contribution in [0.5, 0.6) is 17.2 Å². The first-order valence-corrected chi connectivity index (χ1v) is 8.32. The molecule has 0 bridgehead atoms. The first-order chi connectivity index (χ1) is 12.2. The first kappa shape index (κ1) is 19.3. The van der Waals surface area contributed by atoms with E-state index in [2.05, 4.69) is 0 Å². The number of benzene rings is 2. The smallest absolute Gasteiger partial charge is 0.189 e. The minimum absolute atomic E-state index is 0.0732. The molecule has 0 radical (unpaired) electrons. The van der Waals surface area contributed by atoms with E-state index in [9.17, 15) is 15.0 Å². The largest absolute Gasteiger partial charge is 0.508 e. The highest BCUT2D eigenvalue weighted by molar-refractivity contribution is 6.09. The van der Waals surface area contributed by atoms with Gasteiger partial charge in [0.1, 0.15) is 17.2 Å². The maximum absolute atomic E-state index is 12.5. The van der Waals surface area contributed by atoms with Crippen molar-refractivity contribution < 1.29 is 19.7 Å². The van der Waals surface area contributed by atoms with E-state index in [0.29, 0.717) is 11.3 Å². The summed E-state index contributed by atoms with van der Waals surface area (Å²) in [6.45, 7) is 6.13. The number of phenolic OH excluding ortho intramolecular Hbond substituents is 2. The van der Waals surface area contributed by atoms with Gasteiger partial charge >= 0.3 is 0 Å². The first-order valence-electron chi connectivity index (χ1n) is 8.32. The Hall–Kier alpha value is -3.01. The van der Waals surface area contributed by atoms with Gasteiger partial charge in [-0.15, -0.1) is 0 Å². The highest BCUT2D eigenvalue weighted by Crippen LogP contribution is 2.34. The van der Waals surface area contributed by atoms with Gasteiger partial charge in [0.25, 0.3) is 0 Å². The van der Waals surface area contributed by atoms with Crippen molar-refractivity contribution in [1.29, 1.82) is 0 Å². The van der Waals surface area contributed by atoms with Gasteiger partial charge < -0.3 is 14.9 Å². The van der Waals surface area contributed by atoms with Crippen molar-refractivity contribution in [3.8, 4) is 17.2 Å². The zero-order chi connectivity index (χ0) is 19.3. The van der Waals surface area contributed by atoms with Gasteiger partial charge in [-0.25, -0.2) is 0 Å². The third-order valence-electron chi connectivity index (χ3n) is 3.73. The number of ketones is 1. The fourth-order valence-electron chi connectivity index (χ4n) is 2.31. The second-order valence-corrected chi connectivity index (χ2v) is 7.07. The van der Waals surface area contributed by atoms with Gasteiger partial charge in [-0.3, -0.25) is 4.79 Å². The minimum Gasteiger partial charge on any atom is -0.508 e. The molecule has 0 aliphatic rings. The summed E-state index contributed by atoms with van der Waals surface area (Å²) in [5, 5.41) is 19.9. The fraction of sp³-hybridized carbons (Fsp3) is 0.227. The number of hydrogen-bond donors (Lipinski definition) is 2. The van der Waals surface area contributed by atoms with E-state index in [1.165, 1.54) is 13.2 Å². The normalized spacial score (nSPS) is 12.0. The van der Waals surface area contributed by atoms with Crippen molar-refractivity contribution in [2.24, 2.45) is 5.41 Å². The molecule has 136 valence electrons. The Kier molecular flexibility index (Phi) is 5.88. The number of ether oxygens (including phenoxy) is 1. The van der Waals surface area contributed by atoms with Crippen LogP contribution in [0.2, 0.25) is 0 Å². The number of rotatable bonds is 5. The Morgan fingerprint density at radius 2 is 1.65 bits per heavy atom. The van der Waals surface area contributed by atoms with Crippen molar-refractivity contribution in [2.45, 2.75) is 20.8 Å². The lowest BCUT2D eigenvalue weighted by molar-refractivity contribution is 0.104. The van der Waals surface area contributed by atoms with Crippen molar-refractivity contribution in [2.75, 3.05) is 7.11 Å². The van der Waals surface area contributed by atoms with Crippen molar-refractivity contribution in [3.63, 3.8) is 0 Å². The second kappa shape index (κ2) is 7.91. The van der Waals surface area contributed by atoms with Gasteiger partial charge in [0, 0.05) is 0 Å². The zero-order valence-electron chi connectivity index (χ0n) is 15.5. The van der Waals surface area contributed by atoms with Crippen LogP contribution >= 0.6 is 0 Å². The molecule has 2 N–H and O–H groups in total. The predicted octanol–water partition coefficient (Wildman–Crippen LogP) is 5.06. The highest BCUT2D eigenvalue weighted by atomic mass is 16.5. The average molecular weight is 352 g/mol. The monoisotopic (exact) mass is 352 g/mol. The summed E-state index contributed by atoms with van der Waals surface area (Å²) in [6, 6.07) is 9.71. The van der Waals surface area contributed by atoms with E-state index in [-0.39, 0.29) is 28.3 Å². The number of carbonyl (C=O) groups is 1. The summed E-state index contributed by atoms with van der Waals surface area (Å²) in [5.41, 5.74) is 1.38. The third kappa shape index (κ3) is 4.99. The third-order valence-corrected chi connectivity index (χ3v) is 3.73. The molecule has 2 aromatic rings. The van der Waals surface area contributed by atoms with Crippen molar-refractivity contribution in [3.05, 3.63) is 65.2 Å². The maximum atomic E-state index is 12.5. The van der Waals surface area contributed by atoms with Crippen LogP contribution in [0.1, 0.15) is 42.3 Å². The van der Waals surface area contributed by atoms with Crippen LogP contribution in [-0.2, 0) is 0 Å². The molecule has 0 aliphatic carbocycles. The number of allylic oxidation sites excluding steroid dienone is 2. The van der Waals surface area contributed by atoms with E-state index in [4.69, 9.17) is 4.74 Å². The Morgan fingerprint density at radius 3 is 2.23 bits per heavy atom. The standard InChI is InChI=1S/C22H24O4/c1-22(2,3)14-13-18-20(26-4)12-10-17(21(18)25)19(24)11-7-15-5-8-16(23)9-6-15/h5-14,23,25H,1-4H3/b11-7+,14-13+. The van der Waals surface area contributed by atoms with Crippen LogP contribution in [0.15, 0.2) is 48.6 Å². The van der Waals surface area contributed by atoms with Crippen molar-refractivity contribution >= 4 is 17.9 Å². The van der Waals surface area contributed by atoms with E-state index >= 15 is 0 Å². The summed E-state index contributed by atoms with van der Waals surface area (Å²) in [4.78, 5) is 12.5. The average Bonchev–Trinajstić information content (AvgIpc) is 2.58. The lowest BCUT2D eigenvalue weighted by atomic mass is 9.94. The predicted molar refractivity (Wildman–Crippen MR) is 105 cm³/mol. The summed E-state index contributed by atoms with van der Waals surface area (Å²) in [6.07, 6.45) is 6.75. The quantitative estimate of drug-likeness (QED) is 0.583. The number of carbonyl (C=O) groups excluding carboxylic acids is 1. The van der Waals surface area contributed by atoms with E-state index in [0.717, 1.165) is 5.56 Å². The number of hydrogen-bond acceptors (Lipinski definition) is 4. The van der Waals surface area contributed by atoms with Crippen LogP contribution in [0.4, 0.5) is 0 Å². The topological polar surface area (TPSA) is 66.8 Å².